The molecule has 1 aromatic carbocycles. The van der Waals surface area contributed by atoms with Crippen molar-refractivity contribution in [2.45, 2.75) is 45.6 Å². The highest BCUT2D eigenvalue weighted by Crippen LogP contribution is 2.34. The molecular formula is C14H19F2N. The van der Waals surface area contributed by atoms with Crippen LogP contribution in [0.5, 0.6) is 0 Å². The number of hydrogen-bond donors (Lipinski definition) is 1. The van der Waals surface area contributed by atoms with Crippen LogP contribution in [0.3, 0.4) is 0 Å². The summed E-state index contributed by atoms with van der Waals surface area (Å²) in [5, 5.41) is 3.32. The van der Waals surface area contributed by atoms with Gasteiger partial charge in [0, 0.05) is 11.6 Å². The van der Waals surface area contributed by atoms with Gasteiger partial charge in [0.1, 0.15) is 11.6 Å². The Morgan fingerprint density at radius 1 is 1.41 bits per heavy atom. The predicted octanol–water partition coefficient (Wildman–Crippen LogP) is 3.65. The summed E-state index contributed by atoms with van der Waals surface area (Å²) < 4.78 is 27.9. The molecule has 1 N–H and O–H groups in total. The zero-order chi connectivity index (χ0) is 12.4. The largest absolute Gasteiger partial charge is 0.310 e. The minimum Gasteiger partial charge on any atom is -0.310 e. The first kappa shape index (κ1) is 12.5. The van der Waals surface area contributed by atoms with Gasteiger partial charge in [-0.2, -0.15) is 0 Å². The van der Waals surface area contributed by atoms with Gasteiger partial charge in [0.25, 0.3) is 0 Å². The van der Waals surface area contributed by atoms with E-state index in [2.05, 4.69) is 12.2 Å². The van der Waals surface area contributed by atoms with Gasteiger partial charge < -0.3 is 5.32 Å². The van der Waals surface area contributed by atoms with Gasteiger partial charge in [-0.1, -0.05) is 6.92 Å². The normalized spacial score (nSPS) is 19.2. The fourth-order valence-electron chi connectivity index (χ4n) is 2.58. The number of hydrogen-bond acceptors (Lipinski definition) is 1. The van der Waals surface area contributed by atoms with E-state index in [0.29, 0.717) is 23.1 Å². The van der Waals surface area contributed by atoms with Gasteiger partial charge in [-0.25, -0.2) is 8.78 Å². The van der Waals surface area contributed by atoms with E-state index in [0.717, 1.165) is 25.8 Å². The maximum Gasteiger partial charge on any atom is 0.131 e. The van der Waals surface area contributed by atoms with Crippen LogP contribution in [0.2, 0.25) is 0 Å². The SMILES string of the molecule is CCCNC1CCCc2c(F)cc(C)c(F)c21. The molecule has 0 saturated carbocycles. The molecule has 1 unspecified atom stereocenters. The second kappa shape index (κ2) is 5.13. The van der Waals surface area contributed by atoms with Crippen LogP contribution in [0.25, 0.3) is 0 Å². The summed E-state index contributed by atoms with van der Waals surface area (Å²) in [4.78, 5) is 0. The molecule has 0 radical (unpaired) electrons. The lowest BCUT2D eigenvalue weighted by molar-refractivity contribution is 0.424. The number of benzene rings is 1. The zero-order valence-corrected chi connectivity index (χ0v) is 10.4. The summed E-state index contributed by atoms with van der Waals surface area (Å²) in [6, 6.07) is 1.30. The maximum absolute atomic E-state index is 14.1. The molecule has 0 spiro atoms. The topological polar surface area (TPSA) is 12.0 Å². The van der Waals surface area contributed by atoms with Crippen LogP contribution in [0.1, 0.15) is 48.9 Å². The summed E-state index contributed by atoms with van der Waals surface area (Å²) in [6.45, 7) is 4.55. The summed E-state index contributed by atoms with van der Waals surface area (Å²) in [5.41, 5.74) is 1.56. The minimum atomic E-state index is -0.248. The van der Waals surface area contributed by atoms with E-state index < -0.39 is 0 Å². The van der Waals surface area contributed by atoms with E-state index in [9.17, 15) is 8.78 Å². The minimum absolute atomic E-state index is 0.0203. The van der Waals surface area contributed by atoms with Crippen molar-refractivity contribution in [2.75, 3.05) is 6.54 Å². The van der Waals surface area contributed by atoms with E-state index >= 15 is 0 Å². The lowest BCUT2D eigenvalue weighted by Gasteiger charge is -2.28. The molecule has 0 amide bonds. The quantitative estimate of drug-likeness (QED) is 0.849. The van der Waals surface area contributed by atoms with Crippen LogP contribution >= 0.6 is 0 Å². The van der Waals surface area contributed by atoms with Crippen molar-refractivity contribution in [3.63, 3.8) is 0 Å². The van der Waals surface area contributed by atoms with Crippen molar-refractivity contribution in [1.29, 1.82) is 0 Å². The van der Waals surface area contributed by atoms with Crippen LogP contribution in [0, 0.1) is 18.6 Å². The molecule has 1 atom stereocenters. The van der Waals surface area contributed by atoms with Crippen molar-refractivity contribution in [1.82, 2.24) is 5.32 Å². The van der Waals surface area contributed by atoms with Crippen molar-refractivity contribution in [3.8, 4) is 0 Å². The van der Waals surface area contributed by atoms with Crippen LogP contribution in [0.4, 0.5) is 8.78 Å². The molecule has 0 heterocycles. The van der Waals surface area contributed by atoms with Gasteiger partial charge >= 0.3 is 0 Å². The Bertz CT molecular complexity index is 415. The van der Waals surface area contributed by atoms with Crippen molar-refractivity contribution >= 4 is 0 Å². The second-order valence-corrected chi connectivity index (χ2v) is 4.78. The Hall–Kier alpha value is -0.960. The third kappa shape index (κ3) is 2.34. The van der Waals surface area contributed by atoms with E-state index in [4.69, 9.17) is 0 Å². The number of rotatable bonds is 3. The first-order valence-corrected chi connectivity index (χ1v) is 6.36. The second-order valence-electron chi connectivity index (χ2n) is 4.78. The number of nitrogens with one attached hydrogen (secondary N) is 1. The Morgan fingerprint density at radius 2 is 2.18 bits per heavy atom. The van der Waals surface area contributed by atoms with Gasteiger partial charge in [0.2, 0.25) is 0 Å². The van der Waals surface area contributed by atoms with Crippen molar-refractivity contribution < 1.29 is 8.78 Å². The van der Waals surface area contributed by atoms with E-state index in [-0.39, 0.29) is 17.7 Å². The highest BCUT2D eigenvalue weighted by atomic mass is 19.1. The average molecular weight is 239 g/mol. The highest BCUT2D eigenvalue weighted by molar-refractivity contribution is 5.38. The molecule has 1 aromatic rings. The molecule has 0 aromatic heterocycles. The molecule has 17 heavy (non-hydrogen) atoms. The van der Waals surface area contributed by atoms with Crippen LogP contribution in [0.15, 0.2) is 6.07 Å². The molecule has 1 aliphatic carbocycles. The lowest BCUT2D eigenvalue weighted by Crippen LogP contribution is -2.28. The molecule has 0 aliphatic heterocycles. The fraction of sp³-hybridized carbons (Fsp3) is 0.571. The lowest BCUT2D eigenvalue weighted by atomic mass is 9.85. The molecule has 0 fully saturated rings. The molecular weight excluding hydrogens is 220 g/mol. The third-order valence-corrected chi connectivity index (χ3v) is 3.45. The van der Waals surface area contributed by atoms with Gasteiger partial charge in [0.15, 0.2) is 0 Å². The predicted molar refractivity (Wildman–Crippen MR) is 65.1 cm³/mol. The van der Waals surface area contributed by atoms with Gasteiger partial charge in [-0.15, -0.1) is 0 Å². The van der Waals surface area contributed by atoms with Crippen LogP contribution in [-0.2, 0) is 6.42 Å². The average Bonchev–Trinajstić information content (AvgIpc) is 2.33. The molecule has 94 valence electrons. The number of halogens is 2. The van der Waals surface area contributed by atoms with Crippen LogP contribution in [-0.4, -0.2) is 6.54 Å². The molecule has 0 saturated heterocycles. The number of fused-ring (bicyclic) bond motifs is 1. The summed E-state index contributed by atoms with van der Waals surface area (Å²) in [5.74, 6) is -0.475. The molecule has 2 rings (SSSR count). The Morgan fingerprint density at radius 3 is 2.88 bits per heavy atom. The first-order chi connectivity index (χ1) is 8.15. The maximum atomic E-state index is 14.1. The summed E-state index contributed by atoms with van der Waals surface area (Å²) >= 11 is 0. The van der Waals surface area contributed by atoms with Gasteiger partial charge in [-0.3, -0.25) is 0 Å². The van der Waals surface area contributed by atoms with E-state index in [1.165, 1.54) is 6.07 Å². The summed E-state index contributed by atoms with van der Waals surface area (Å²) in [7, 11) is 0. The van der Waals surface area contributed by atoms with Gasteiger partial charge in [0.05, 0.1) is 0 Å². The van der Waals surface area contributed by atoms with E-state index in [1.807, 2.05) is 0 Å². The monoisotopic (exact) mass is 239 g/mol. The van der Waals surface area contributed by atoms with Crippen LogP contribution < -0.4 is 5.32 Å². The highest BCUT2D eigenvalue weighted by Gasteiger charge is 2.26. The molecule has 1 nitrogen and oxygen atoms in total. The fourth-order valence-corrected chi connectivity index (χ4v) is 2.58. The standard InChI is InChI=1S/C14H19F2N/c1-3-7-17-12-6-4-5-10-11(15)8-9(2)14(16)13(10)12/h8,12,17H,3-7H2,1-2H3. The number of aryl methyl sites for hydroxylation is 1. The third-order valence-electron chi connectivity index (χ3n) is 3.45. The van der Waals surface area contributed by atoms with E-state index in [1.54, 1.807) is 6.92 Å². The molecule has 0 bridgehead atoms. The Kier molecular flexibility index (Phi) is 3.77. The van der Waals surface area contributed by atoms with Crippen molar-refractivity contribution in [3.05, 3.63) is 34.4 Å². The smallest absolute Gasteiger partial charge is 0.131 e. The molecule has 1 aliphatic rings. The summed E-state index contributed by atoms with van der Waals surface area (Å²) in [6.07, 6.45) is 3.48. The zero-order valence-electron chi connectivity index (χ0n) is 10.4. The Balaban J connectivity index is 2.41. The van der Waals surface area contributed by atoms with Crippen molar-refractivity contribution in [2.24, 2.45) is 0 Å². The first-order valence-electron chi connectivity index (χ1n) is 6.36. The van der Waals surface area contributed by atoms with Gasteiger partial charge in [-0.05, 0) is 56.3 Å². The Labute approximate surface area is 101 Å². The molecule has 3 heteroatoms.